The van der Waals surface area contributed by atoms with E-state index in [1.807, 2.05) is 6.92 Å². The third-order valence-electron chi connectivity index (χ3n) is 12.5. The maximum Gasteiger partial charge on any atom is 0.349 e. The van der Waals surface area contributed by atoms with E-state index >= 15 is 0 Å². The van der Waals surface area contributed by atoms with Crippen LogP contribution in [0.3, 0.4) is 0 Å². The van der Waals surface area contributed by atoms with Gasteiger partial charge in [-0.05, 0) is 100 Å². The zero-order chi connectivity index (χ0) is 71.8. The van der Waals surface area contributed by atoms with Gasteiger partial charge in [-0.2, -0.15) is 0 Å². The molecule has 4 atom stereocenters. The summed E-state index contributed by atoms with van der Waals surface area (Å²) in [6.45, 7) is 9.82. The minimum Gasteiger partial charge on any atom is -0.507 e. The number of ether oxygens (including phenoxy) is 5. The molecule has 0 saturated carbocycles. The number of amides is 1. The van der Waals surface area contributed by atoms with Gasteiger partial charge >= 0.3 is 41.8 Å². The Morgan fingerprint density at radius 3 is 1.40 bits per heavy atom. The van der Waals surface area contributed by atoms with Crippen LogP contribution in [0, 0.1) is 0 Å². The van der Waals surface area contributed by atoms with E-state index in [-0.39, 0.29) is 65.3 Å². The second-order valence-electron chi connectivity index (χ2n) is 19.6. The fraction of sp³-hybridized carbons (Fsp3) is 0.305. The lowest BCUT2D eigenvalue weighted by Crippen LogP contribution is -2.39. The van der Waals surface area contributed by atoms with E-state index in [0.717, 1.165) is 30.4 Å². The molecule has 3 aromatic carbocycles. The lowest BCUT2D eigenvalue weighted by Gasteiger charge is -2.35. The van der Waals surface area contributed by atoms with Crippen LogP contribution in [-0.4, -0.2) is 150 Å². The molecule has 29 nitrogen and oxygen atoms in total. The Morgan fingerprint density at radius 1 is 0.611 bits per heavy atom. The van der Waals surface area contributed by atoms with E-state index in [1.165, 1.54) is 80.3 Å². The van der Waals surface area contributed by atoms with Crippen molar-refractivity contribution in [2.45, 2.75) is 101 Å². The first-order valence-corrected chi connectivity index (χ1v) is 35.7. The van der Waals surface area contributed by atoms with Crippen molar-refractivity contribution in [1.29, 1.82) is 0 Å². The smallest absolute Gasteiger partial charge is 0.349 e. The van der Waals surface area contributed by atoms with Gasteiger partial charge in [0.05, 0.1) is 16.5 Å². The Labute approximate surface area is 559 Å². The molecule has 2 aromatic heterocycles. The number of benzene rings is 3. The molecule has 2 aliphatic rings. The fourth-order valence-corrected chi connectivity index (χ4v) is 17.0. The number of primary sulfonamides is 2. The third kappa shape index (κ3) is 26.0. The van der Waals surface area contributed by atoms with Crippen molar-refractivity contribution in [1.82, 2.24) is 10.2 Å². The van der Waals surface area contributed by atoms with E-state index in [4.69, 9.17) is 41.6 Å². The molecule has 516 valence electrons. The van der Waals surface area contributed by atoms with Gasteiger partial charge in [-0.15, -0.1) is 22.7 Å². The Morgan fingerprint density at radius 2 is 1.00 bits per heavy atom. The first-order chi connectivity index (χ1) is 44.2. The second kappa shape index (κ2) is 37.0. The molecule has 0 aliphatic carbocycles. The Hall–Kier alpha value is -8.52. The number of carbonyl (C=O) groups excluding carboxylic acids is 7. The van der Waals surface area contributed by atoms with Crippen molar-refractivity contribution in [3.05, 3.63) is 131 Å². The number of aromatic hydroxyl groups is 1. The number of halogens is 1. The van der Waals surface area contributed by atoms with Gasteiger partial charge in [0.2, 0.25) is 26.0 Å². The van der Waals surface area contributed by atoms with E-state index in [1.54, 1.807) is 68.4 Å². The number of nitrogens with two attached hydrogens (primary N) is 2. The van der Waals surface area contributed by atoms with Gasteiger partial charge in [0.25, 0.3) is 5.24 Å². The van der Waals surface area contributed by atoms with E-state index in [9.17, 15) is 81.9 Å². The lowest BCUT2D eigenvalue weighted by atomic mass is 10.0. The van der Waals surface area contributed by atoms with Gasteiger partial charge in [-0.3, -0.25) is 24.0 Å². The molecule has 1 amide bonds. The van der Waals surface area contributed by atoms with Crippen molar-refractivity contribution in [3.63, 3.8) is 0 Å². The lowest BCUT2D eigenvalue weighted by molar-refractivity contribution is -0.152. The number of hydrogen-bond acceptors (Lipinski definition) is 26. The van der Waals surface area contributed by atoms with Crippen LogP contribution < -0.4 is 25.1 Å². The number of sulfone groups is 2. The highest BCUT2D eigenvalue weighted by atomic mass is 35.5. The zero-order valence-electron chi connectivity index (χ0n) is 51.6. The van der Waals surface area contributed by atoms with Crippen LogP contribution in [0.1, 0.15) is 101 Å². The first-order valence-electron chi connectivity index (χ1n) is 27.5. The number of phenolic OH excluding ortho intramolecular Hbond substituents is 1. The minimum absolute atomic E-state index is 0.0773. The first kappa shape index (κ1) is 80.7. The van der Waals surface area contributed by atoms with Crippen LogP contribution in [-0.2, 0) is 97.1 Å². The van der Waals surface area contributed by atoms with Crippen molar-refractivity contribution >= 4 is 145 Å². The van der Waals surface area contributed by atoms with E-state index in [0.29, 0.717) is 46.6 Å². The monoisotopic (exact) mass is 1460 g/mol. The highest BCUT2D eigenvalue weighted by Gasteiger charge is 2.43. The molecule has 2 aliphatic heterocycles. The van der Waals surface area contributed by atoms with Crippen LogP contribution in [0.4, 0.5) is 0 Å². The minimum atomic E-state index is -4.14. The van der Waals surface area contributed by atoms with Gasteiger partial charge in [-0.1, -0.05) is 61.5 Å². The molecular weight excluding hydrogens is 1390 g/mol. The SMILES string of the molecule is CC(=O)OCC(=O)Cl.CC(=O)OCC(=O)Oc1ccccc1/C=C/C(=O)O.CCN(C(=O)/C=C/c1ccccc1OC(=O)COC(C)=O)[C@H]1C[C@H](C)S(=O)(=O)c2sc(S(N)(=O)=O)cc21.CCN[C@H]1C[C@H](C)S(=O)(=O)c2sc(S(N)(=O)=O)cc21.O=C(O)/C=C/c1ccccc1O. The molecular formula is C59H67ClN4O25S6. The Bertz CT molecular complexity index is 4190. The normalized spacial score (nSPS) is 16.5. The Kier molecular flexibility index (Phi) is 31.4. The fourth-order valence-electron chi connectivity index (χ4n) is 8.13. The van der Waals surface area contributed by atoms with Crippen molar-refractivity contribution in [3.8, 4) is 17.2 Å². The number of rotatable bonds is 20. The summed E-state index contributed by atoms with van der Waals surface area (Å²) in [7, 11) is -15.3. The topological polar surface area (TPSA) is 464 Å². The third-order valence-corrected chi connectivity index (χ3v) is 23.2. The van der Waals surface area contributed by atoms with Gasteiger partial charge in [0, 0.05) is 79.4 Å². The summed E-state index contributed by atoms with van der Waals surface area (Å²) in [5.74, 6) is -5.46. The van der Waals surface area contributed by atoms with Gasteiger partial charge in [-0.25, -0.2) is 63.1 Å². The number of carboxylic acids is 2. The number of hydrogen-bond donors (Lipinski definition) is 6. The van der Waals surface area contributed by atoms with Crippen LogP contribution in [0.25, 0.3) is 18.2 Å². The molecule has 36 heteroatoms. The average molecular weight is 1460 g/mol. The summed E-state index contributed by atoms with van der Waals surface area (Å²) in [5.41, 5.74) is 2.07. The van der Waals surface area contributed by atoms with Crippen LogP contribution in [0.15, 0.2) is 120 Å². The van der Waals surface area contributed by atoms with Crippen molar-refractivity contribution in [2.75, 3.05) is 32.9 Å². The second-order valence-corrected chi connectivity index (χ2v) is 30.8. The van der Waals surface area contributed by atoms with Crippen molar-refractivity contribution in [2.24, 2.45) is 10.3 Å². The summed E-state index contributed by atoms with van der Waals surface area (Å²) in [6.07, 6.45) is 7.76. The number of carboxylic acid groups (broad SMARTS) is 2. The van der Waals surface area contributed by atoms with Gasteiger partial charge in [0.1, 0.15) is 34.1 Å². The highest BCUT2D eigenvalue weighted by Crippen LogP contribution is 2.46. The number of sulfonamides is 2. The summed E-state index contributed by atoms with van der Waals surface area (Å²) in [6, 6.07) is 21.1. The number of para-hydroxylation sites is 3. The largest absolute Gasteiger partial charge is 0.507 e. The van der Waals surface area contributed by atoms with E-state index in [2.05, 4.69) is 19.5 Å². The molecule has 95 heavy (non-hydrogen) atoms. The zero-order valence-corrected chi connectivity index (χ0v) is 57.2. The predicted molar refractivity (Wildman–Crippen MR) is 346 cm³/mol. The number of nitrogens with one attached hydrogen (secondary N) is 1. The number of aliphatic carboxylic acids is 2. The number of phenols is 1. The summed E-state index contributed by atoms with van der Waals surface area (Å²) >= 11 is 6.13. The van der Waals surface area contributed by atoms with Gasteiger partial charge < -0.3 is 49.2 Å². The quantitative estimate of drug-likeness (QED) is 0.0179. The average Bonchev–Trinajstić information content (AvgIpc) is 1.65. The predicted octanol–water partition coefficient (Wildman–Crippen LogP) is 5.70. The summed E-state index contributed by atoms with van der Waals surface area (Å²) in [4.78, 5) is 99.7. The maximum atomic E-state index is 13.2. The standard InChI is InChI=1S/C23H26N2O9S3.C13H12O6.C10H16N2O4S3.C9H8O3.C4H5ClO3/c1-4-25(18-11-14(2)36(29,30)23-17(18)12-22(35-23)37(24,31)32)20(27)10-9-16-7-5-6-8-19(16)34-21(28)13-33-15(3)26;1-9(14)18-8-13(17)19-11-5-3-2-4-10(11)6-7-12(15)16;1-3-12-8-4-6(2)18(13,14)10-7(8)5-9(17-10)19(11,15)16;10-8-4-2-1-3-7(8)5-6-9(11)12;1-3(6)8-2-4(5)7/h5-10,12,14,18H,4,11,13H2,1-3H3,(H2,24,31,32);2-7H,8H2,1H3,(H,15,16);5-6,8,12H,3-4H2,1-2H3,(H2,11,15,16);1-6,10H,(H,11,12);2H2,1H3/b10-9+;7-6+;;6-5+;/t14-,18-;;6-,8-;;/m0.0../s1. The molecule has 0 spiro atoms. The number of fused-ring (bicyclic) bond motifs is 2. The van der Waals surface area contributed by atoms with Crippen LogP contribution in [0.2, 0.25) is 0 Å². The summed E-state index contributed by atoms with van der Waals surface area (Å²) < 4.78 is 120. The number of esters is 5. The number of likely N-dealkylation sites (N-methyl/N-ethyl adjacent to an activating group) is 1. The van der Waals surface area contributed by atoms with Crippen LogP contribution >= 0.6 is 34.3 Å². The highest BCUT2D eigenvalue weighted by molar-refractivity contribution is 7.96. The summed E-state index contributed by atoms with van der Waals surface area (Å²) in [5, 5.41) is 37.5. The van der Waals surface area contributed by atoms with Crippen LogP contribution in [0.5, 0.6) is 17.2 Å². The molecule has 0 fully saturated rings. The molecule has 0 radical (unpaired) electrons. The van der Waals surface area contributed by atoms with E-state index < -0.39 is 122 Å². The molecule has 8 N–H and O–H groups in total. The number of carbonyl (C=O) groups is 9. The molecule has 7 rings (SSSR count). The molecule has 5 aromatic rings. The molecule has 0 bridgehead atoms. The number of nitrogens with zero attached hydrogens (tertiary/aromatic N) is 1. The molecule has 4 heterocycles. The van der Waals surface area contributed by atoms with Gasteiger partial charge in [0.15, 0.2) is 39.5 Å². The molecule has 0 unspecified atom stereocenters. The Balaban J connectivity index is 0.000000342. The number of thiophene rings is 2. The maximum absolute atomic E-state index is 13.2. The molecule has 0 saturated heterocycles. The van der Waals surface area contributed by atoms with Crippen molar-refractivity contribution < 1.29 is 116 Å².